The molecule has 6 nitrogen and oxygen atoms in total. The highest BCUT2D eigenvalue weighted by atomic mass is 125. The molecule has 1 aliphatic rings. The molecule has 0 spiro atoms. The molecule has 0 aliphatic carbocycles. The molecule has 112 valence electrons. The van der Waals surface area contributed by atoms with Crippen molar-refractivity contribution < 1.29 is 24.3 Å². The van der Waals surface area contributed by atoms with Crippen LogP contribution in [-0.4, -0.2) is 28.0 Å². The van der Waals surface area contributed by atoms with Crippen LogP contribution in [0.5, 0.6) is 5.75 Å². The molecule has 1 heterocycles. The third kappa shape index (κ3) is 4.05. The zero-order valence-corrected chi connectivity index (χ0v) is 15.1. The topological polar surface area (TPSA) is 83.9 Å². The van der Waals surface area contributed by atoms with E-state index in [9.17, 15) is 19.5 Å². The number of amides is 2. The minimum atomic E-state index is -0.628. The fourth-order valence-electron chi connectivity index (χ4n) is 1.81. The van der Waals surface area contributed by atoms with Gasteiger partial charge in [0.2, 0.25) is 0 Å². The predicted octanol–water partition coefficient (Wildman–Crippen LogP) is 2.14. The standard InChI is InChI=1S/C13H11I2NO5/c14-8-5-7(6-9(15)13(8)20)1-4-12(19)21-16-10(17)2-3-11(16)18/h5-6,20H,1-4H2/i14-2,15-2. The van der Waals surface area contributed by atoms with Crippen molar-refractivity contribution in [3.05, 3.63) is 24.8 Å². The highest BCUT2D eigenvalue weighted by Gasteiger charge is 2.32. The van der Waals surface area contributed by atoms with Crippen molar-refractivity contribution in [2.75, 3.05) is 0 Å². The Bertz CT molecular complexity index is 578. The number of nitrogens with zero attached hydrogens (tertiary/aromatic N) is 1. The van der Waals surface area contributed by atoms with E-state index in [0.717, 1.165) is 5.56 Å². The predicted molar refractivity (Wildman–Crippen MR) is 89.0 cm³/mol. The van der Waals surface area contributed by atoms with Gasteiger partial charge in [0, 0.05) is 12.8 Å². The molecule has 0 atom stereocenters. The van der Waals surface area contributed by atoms with Crippen LogP contribution in [0, 0.1) is 7.14 Å². The summed E-state index contributed by atoms with van der Waals surface area (Å²) in [5.41, 5.74) is 0.873. The number of aryl methyl sites for hydroxylation is 1. The molecule has 0 radical (unpaired) electrons. The molecule has 0 saturated carbocycles. The maximum absolute atomic E-state index is 11.7. The van der Waals surface area contributed by atoms with Gasteiger partial charge >= 0.3 is 5.97 Å². The van der Waals surface area contributed by atoms with Gasteiger partial charge in [0.25, 0.3) is 11.8 Å². The average molecular weight is 511 g/mol. The number of benzene rings is 1. The molecule has 1 N–H and O–H groups in total. The normalized spacial score (nSPS) is 14.7. The summed E-state index contributed by atoms with van der Waals surface area (Å²) < 4.78 is 1.40. The Hall–Kier alpha value is -0.910. The second kappa shape index (κ2) is 6.90. The maximum atomic E-state index is 11.7. The summed E-state index contributed by atoms with van der Waals surface area (Å²) in [6, 6.07) is 3.55. The zero-order chi connectivity index (χ0) is 15.6. The SMILES string of the molecule is O=C(CCc1cc([125I])c(O)c([125I])c1)ON1C(=O)CCC1=O. The van der Waals surface area contributed by atoms with Gasteiger partial charge in [-0.05, 0) is 69.3 Å². The highest BCUT2D eigenvalue weighted by Crippen LogP contribution is 2.27. The average Bonchev–Trinajstić information content (AvgIpc) is 2.74. The van der Waals surface area contributed by atoms with Crippen molar-refractivity contribution in [2.24, 2.45) is 0 Å². The van der Waals surface area contributed by atoms with Gasteiger partial charge in [-0.3, -0.25) is 9.59 Å². The fourth-order valence-corrected chi connectivity index (χ4v) is 3.71. The Labute approximate surface area is 148 Å². The first-order chi connectivity index (χ1) is 9.88. The molecule has 2 amide bonds. The van der Waals surface area contributed by atoms with E-state index in [1.54, 1.807) is 12.1 Å². The molecule has 8 heteroatoms. The number of phenols is 1. The van der Waals surface area contributed by atoms with Gasteiger partial charge in [-0.2, -0.15) is 0 Å². The lowest BCUT2D eigenvalue weighted by atomic mass is 10.1. The Morgan fingerprint density at radius 3 is 2.24 bits per heavy atom. The lowest BCUT2D eigenvalue weighted by Crippen LogP contribution is -2.32. The smallest absolute Gasteiger partial charge is 0.333 e. The van der Waals surface area contributed by atoms with E-state index < -0.39 is 17.8 Å². The number of imide groups is 1. The maximum Gasteiger partial charge on any atom is 0.333 e. The lowest BCUT2D eigenvalue weighted by Gasteiger charge is -2.12. The van der Waals surface area contributed by atoms with Crippen molar-refractivity contribution in [1.82, 2.24) is 5.06 Å². The molecular weight excluding hydrogens is 500 g/mol. The van der Waals surface area contributed by atoms with Crippen molar-refractivity contribution in [3.8, 4) is 5.75 Å². The van der Waals surface area contributed by atoms with Crippen LogP contribution in [0.15, 0.2) is 12.1 Å². The number of carbonyl (C=O) groups is 3. The van der Waals surface area contributed by atoms with Crippen molar-refractivity contribution >= 4 is 63.0 Å². The summed E-state index contributed by atoms with van der Waals surface area (Å²) in [6.07, 6.45) is 0.621. The van der Waals surface area contributed by atoms with E-state index in [2.05, 4.69) is 0 Å². The minimum Gasteiger partial charge on any atom is -0.506 e. The summed E-state index contributed by atoms with van der Waals surface area (Å²) in [4.78, 5) is 39.1. The van der Waals surface area contributed by atoms with Gasteiger partial charge in [-0.25, -0.2) is 4.79 Å². The van der Waals surface area contributed by atoms with Crippen LogP contribution >= 0.6 is 45.2 Å². The first-order valence-corrected chi connectivity index (χ1v) is 8.27. The van der Waals surface area contributed by atoms with Crippen LogP contribution in [0.2, 0.25) is 0 Å². The quantitative estimate of drug-likeness (QED) is 0.495. The molecule has 0 unspecified atom stereocenters. The van der Waals surface area contributed by atoms with Gasteiger partial charge in [0.1, 0.15) is 5.75 Å². The first-order valence-electron chi connectivity index (χ1n) is 6.12. The summed E-state index contributed by atoms with van der Waals surface area (Å²) in [5, 5.41) is 10.2. The van der Waals surface area contributed by atoms with Gasteiger partial charge in [-0.15, -0.1) is 5.06 Å². The number of hydrogen-bond acceptors (Lipinski definition) is 5. The summed E-state index contributed by atoms with van der Waals surface area (Å²) >= 11 is 4.02. The van der Waals surface area contributed by atoms with E-state index in [1.807, 2.05) is 45.2 Å². The van der Waals surface area contributed by atoms with E-state index in [4.69, 9.17) is 4.84 Å². The first kappa shape index (κ1) is 16.5. The molecule has 2 rings (SSSR count). The minimum absolute atomic E-state index is 0.0496. The van der Waals surface area contributed by atoms with Crippen molar-refractivity contribution in [1.29, 1.82) is 0 Å². The van der Waals surface area contributed by atoms with Gasteiger partial charge in [0.15, 0.2) is 0 Å². The largest absolute Gasteiger partial charge is 0.506 e. The van der Waals surface area contributed by atoms with Crippen LogP contribution < -0.4 is 0 Å². The van der Waals surface area contributed by atoms with E-state index >= 15 is 0 Å². The molecule has 1 fully saturated rings. The molecule has 1 aromatic rings. The van der Waals surface area contributed by atoms with Crippen LogP contribution in [0.25, 0.3) is 0 Å². The Morgan fingerprint density at radius 1 is 1.19 bits per heavy atom. The molecular formula is C13H11I2NO5. The number of halogens is 2. The number of hydrogen-bond donors (Lipinski definition) is 1. The highest BCUT2D eigenvalue weighted by molar-refractivity contribution is 14.1. The molecule has 0 aromatic heterocycles. The van der Waals surface area contributed by atoms with Crippen molar-refractivity contribution in [2.45, 2.75) is 25.7 Å². The van der Waals surface area contributed by atoms with Crippen LogP contribution in [0.3, 0.4) is 0 Å². The van der Waals surface area contributed by atoms with Gasteiger partial charge in [0.05, 0.1) is 13.6 Å². The monoisotopic (exact) mass is 511 g/mol. The Kier molecular flexibility index (Phi) is 5.41. The summed E-state index contributed by atoms with van der Waals surface area (Å²) in [6.45, 7) is 0. The summed E-state index contributed by atoms with van der Waals surface area (Å²) in [5.74, 6) is -1.38. The van der Waals surface area contributed by atoms with E-state index in [1.165, 1.54) is 0 Å². The molecule has 21 heavy (non-hydrogen) atoms. The Balaban J connectivity index is 1.92. The third-order valence-electron chi connectivity index (χ3n) is 2.89. The van der Waals surface area contributed by atoms with E-state index in [-0.39, 0.29) is 25.0 Å². The molecule has 1 aliphatic heterocycles. The van der Waals surface area contributed by atoms with Crippen LogP contribution in [0.4, 0.5) is 0 Å². The number of hydroxylamine groups is 2. The Morgan fingerprint density at radius 2 is 1.71 bits per heavy atom. The van der Waals surface area contributed by atoms with Crippen molar-refractivity contribution in [3.63, 3.8) is 0 Å². The fraction of sp³-hybridized carbons (Fsp3) is 0.308. The lowest BCUT2D eigenvalue weighted by molar-refractivity contribution is -0.197. The second-order valence-corrected chi connectivity index (χ2v) is 6.78. The van der Waals surface area contributed by atoms with Crippen LogP contribution in [-0.2, 0) is 25.6 Å². The molecule has 1 saturated heterocycles. The number of rotatable bonds is 4. The summed E-state index contributed by atoms with van der Waals surface area (Å²) in [7, 11) is 0. The molecule has 0 bridgehead atoms. The number of phenolic OH excluding ortho intramolecular Hbond substituents is 1. The number of aromatic hydroxyl groups is 1. The zero-order valence-electron chi connectivity index (χ0n) is 10.8. The molecule has 1 aromatic carbocycles. The second-order valence-electron chi connectivity index (χ2n) is 4.45. The number of carbonyl (C=O) groups excluding carboxylic acids is 3. The van der Waals surface area contributed by atoms with Gasteiger partial charge in [-0.1, -0.05) is 0 Å². The van der Waals surface area contributed by atoms with Gasteiger partial charge < -0.3 is 9.94 Å². The van der Waals surface area contributed by atoms with Crippen LogP contribution in [0.1, 0.15) is 24.8 Å². The third-order valence-corrected chi connectivity index (χ3v) is 4.54. The van der Waals surface area contributed by atoms with E-state index in [0.29, 0.717) is 18.6 Å².